The summed E-state index contributed by atoms with van der Waals surface area (Å²) >= 11 is 0. The number of esters is 1. The van der Waals surface area contributed by atoms with E-state index in [1.165, 1.54) is 11.9 Å². The third kappa shape index (κ3) is 4.07. The lowest BCUT2D eigenvalue weighted by Gasteiger charge is -2.29. The lowest BCUT2D eigenvalue weighted by Crippen LogP contribution is -2.44. The molecule has 0 bridgehead atoms. The fraction of sp³-hybridized carbons (Fsp3) is 0.438. The molecule has 1 saturated carbocycles. The molecule has 1 aliphatic carbocycles. The molecule has 0 spiro atoms. The minimum atomic E-state index is -0.666. The molecule has 1 atom stereocenters. The molecule has 0 saturated heterocycles. The summed E-state index contributed by atoms with van der Waals surface area (Å²) in [6.07, 6.45) is 2.25. The molecule has 1 unspecified atom stereocenters. The second-order valence-corrected chi connectivity index (χ2v) is 5.16. The summed E-state index contributed by atoms with van der Waals surface area (Å²) in [6.45, 7) is -0.474. The van der Waals surface area contributed by atoms with Crippen LogP contribution in [-0.2, 0) is 14.3 Å². The summed E-state index contributed by atoms with van der Waals surface area (Å²) in [4.78, 5) is 36.6. The van der Waals surface area contributed by atoms with Crippen molar-refractivity contribution in [2.24, 2.45) is 0 Å². The molecule has 0 aliphatic heterocycles. The number of amides is 1. The predicted octanol–water partition coefficient (Wildman–Crippen LogP) is 2.38. The molecule has 2 rings (SSSR count). The van der Waals surface area contributed by atoms with E-state index in [0.717, 1.165) is 12.8 Å². The van der Waals surface area contributed by atoms with Gasteiger partial charge in [0, 0.05) is 13.5 Å². The SMILES string of the molecule is CN(C(=O)OCOC(=O)c1ccccc1)C1CCCCC1=O. The number of hydrogen-bond acceptors (Lipinski definition) is 5. The number of benzene rings is 1. The first kappa shape index (κ1) is 16.0. The smallest absolute Gasteiger partial charge is 0.413 e. The predicted molar refractivity (Wildman–Crippen MR) is 78.2 cm³/mol. The summed E-state index contributed by atoms with van der Waals surface area (Å²) in [5.74, 6) is -0.517. The van der Waals surface area contributed by atoms with Gasteiger partial charge in [-0.1, -0.05) is 24.6 Å². The van der Waals surface area contributed by atoms with Crippen LogP contribution in [0.25, 0.3) is 0 Å². The second kappa shape index (κ2) is 7.59. The van der Waals surface area contributed by atoms with Gasteiger partial charge in [-0.2, -0.15) is 0 Å². The van der Waals surface area contributed by atoms with Gasteiger partial charge in [-0.15, -0.1) is 0 Å². The van der Waals surface area contributed by atoms with E-state index in [1.807, 2.05) is 0 Å². The lowest BCUT2D eigenvalue weighted by atomic mass is 9.93. The molecule has 6 nitrogen and oxygen atoms in total. The first-order valence-electron chi connectivity index (χ1n) is 7.24. The van der Waals surface area contributed by atoms with Gasteiger partial charge in [-0.25, -0.2) is 9.59 Å². The quantitative estimate of drug-likeness (QED) is 0.631. The van der Waals surface area contributed by atoms with Crippen molar-refractivity contribution in [3.8, 4) is 0 Å². The van der Waals surface area contributed by atoms with Gasteiger partial charge < -0.3 is 14.4 Å². The van der Waals surface area contributed by atoms with Gasteiger partial charge in [-0.05, 0) is 25.0 Å². The van der Waals surface area contributed by atoms with Crippen molar-refractivity contribution in [2.75, 3.05) is 13.8 Å². The molecular weight excluding hydrogens is 286 g/mol. The Labute approximate surface area is 129 Å². The maximum atomic E-state index is 11.9. The average molecular weight is 305 g/mol. The van der Waals surface area contributed by atoms with Crippen LogP contribution in [0.1, 0.15) is 36.0 Å². The molecule has 118 valence electrons. The summed E-state index contributed by atoms with van der Waals surface area (Å²) in [7, 11) is 1.52. The van der Waals surface area contributed by atoms with Crippen molar-refractivity contribution < 1.29 is 23.9 Å². The van der Waals surface area contributed by atoms with E-state index in [0.29, 0.717) is 18.4 Å². The maximum absolute atomic E-state index is 11.9. The van der Waals surface area contributed by atoms with Gasteiger partial charge in [0.25, 0.3) is 0 Å². The zero-order valence-electron chi connectivity index (χ0n) is 12.5. The van der Waals surface area contributed by atoms with Crippen molar-refractivity contribution in [3.63, 3.8) is 0 Å². The fourth-order valence-electron chi connectivity index (χ4n) is 2.39. The minimum absolute atomic E-state index is 0.0481. The molecule has 22 heavy (non-hydrogen) atoms. The van der Waals surface area contributed by atoms with Crippen LogP contribution in [0.15, 0.2) is 30.3 Å². The Morgan fingerprint density at radius 2 is 1.91 bits per heavy atom. The standard InChI is InChI=1S/C16H19NO5/c1-17(13-9-5-6-10-14(13)18)16(20)22-11-21-15(19)12-7-3-2-4-8-12/h2-4,7-8,13H,5-6,9-11H2,1H3. The molecule has 0 aromatic heterocycles. The van der Waals surface area contributed by atoms with E-state index >= 15 is 0 Å². The number of carbonyl (C=O) groups is 3. The van der Waals surface area contributed by atoms with Crippen LogP contribution in [0, 0.1) is 0 Å². The number of ether oxygens (including phenoxy) is 2. The fourth-order valence-corrected chi connectivity index (χ4v) is 2.39. The van der Waals surface area contributed by atoms with Crippen LogP contribution < -0.4 is 0 Å². The molecule has 0 radical (unpaired) electrons. The number of likely N-dealkylation sites (N-methyl/N-ethyl adjacent to an activating group) is 1. The van der Waals surface area contributed by atoms with E-state index in [2.05, 4.69) is 0 Å². The van der Waals surface area contributed by atoms with Gasteiger partial charge >= 0.3 is 12.1 Å². The van der Waals surface area contributed by atoms with Gasteiger partial charge in [0.2, 0.25) is 6.79 Å². The van der Waals surface area contributed by atoms with Crippen molar-refractivity contribution in [1.29, 1.82) is 0 Å². The number of Topliss-reactive ketones (excluding diaryl/α,β-unsaturated/α-hetero) is 1. The van der Waals surface area contributed by atoms with Crippen LogP contribution in [0.4, 0.5) is 4.79 Å². The third-order valence-corrected chi connectivity index (χ3v) is 3.66. The van der Waals surface area contributed by atoms with Crippen molar-refractivity contribution in [3.05, 3.63) is 35.9 Å². The Morgan fingerprint density at radius 1 is 1.18 bits per heavy atom. The van der Waals surface area contributed by atoms with Crippen molar-refractivity contribution in [2.45, 2.75) is 31.7 Å². The van der Waals surface area contributed by atoms with Crippen LogP contribution >= 0.6 is 0 Å². The average Bonchev–Trinajstić information content (AvgIpc) is 2.55. The van der Waals surface area contributed by atoms with Crippen LogP contribution in [0.2, 0.25) is 0 Å². The number of nitrogens with zero attached hydrogens (tertiary/aromatic N) is 1. The summed E-state index contributed by atoms with van der Waals surface area (Å²) < 4.78 is 9.76. The highest BCUT2D eigenvalue weighted by molar-refractivity contribution is 5.89. The zero-order valence-corrected chi connectivity index (χ0v) is 12.5. The Bertz CT molecular complexity index is 543. The van der Waals surface area contributed by atoms with Crippen molar-refractivity contribution in [1.82, 2.24) is 4.90 Å². The largest absolute Gasteiger partial charge is 0.424 e. The van der Waals surface area contributed by atoms with E-state index < -0.39 is 24.9 Å². The van der Waals surface area contributed by atoms with E-state index in [1.54, 1.807) is 30.3 Å². The topological polar surface area (TPSA) is 72.9 Å². The molecular formula is C16H19NO5. The zero-order chi connectivity index (χ0) is 15.9. The number of hydrogen-bond donors (Lipinski definition) is 0. The Kier molecular flexibility index (Phi) is 5.52. The highest BCUT2D eigenvalue weighted by Crippen LogP contribution is 2.19. The summed E-state index contributed by atoms with van der Waals surface area (Å²) in [5.41, 5.74) is 0.384. The summed E-state index contributed by atoms with van der Waals surface area (Å²) in [6, 6.07) is 7.99. The molecule has 1 aromatic rings. The minimum Gasteiger partial charge on any atom is -0.424 e. The normalized spacial score (nSPS) is 17.7. The van der Waals surface area contributed by atoms with Crippen molar-refractivity contribution >= 4 is 17.8 Å². The number of rotatable bonds is 4. The number of ketones is 1. The third-order valence-electron chi connectivity index (χ3n) is 3.66. The van der Waals surface area contributed by atoms with Gasteiger partial charge in [-0.3, -0.25) is 4.79 Å². The first-order valence-corrected chi connectivity index (χ1v) is 7.24. The van der Waals surface area contributed by atoms with Gasteiger partial charge in [0.1, 0.15) is 0 Å². The van der Waals surface area contributed by atoms with Crippen LogP contribution in [-0.4, -0.2) is 42.6 Å². The van der Waals surface area contributed by atoms with E-state index in [4.69, 9.17) is 9.47 Å². The molecule has 1 fully saturated rings. The van der Waals surface area contributed by atoms with E-state index in [-0.39, 0.29) is 5.78 Å². The van der Waals surface area contributed by atoms with Crippen LogP contribution in [0.5, 0.6) is 0 Å². The van der Waals surface area contributed by atoms with Gasteiger partial charge in [0.15, 0.2) is 5.78 Å². The first-order chi connectivity index (χ1) is 10.6. The molecule has 1 amide bonds. The van der Waals surface area contributed by atoms with Crippen LogP contribution in [0.3, 0.4) is 0 Å². The number of carbonyl (C=O) groups excluding carboxylic acids is 3. The maximum Gasteiger partial charge on any atom is 0.413 e. The summed E-state index contributed by atoms with van der Waals surface area (Å²) in [5, 5.41) is 0. The molecule has 0 heterocycles. The molecule has 1 aliphatic rings. The Hall–Kier alpha value is -2.37. The molecule has 6 heteroatoms. The second-order valence-electron chi connectivity index (χ2n) is 5.16. The van der Waals surface area contributed by atoms with E-state index in [9.17, 15) is 14.4 Å². The highest BCUT2D eigenvalue weighted by Gasteiger charge is 2.29. The highest BCUT2D eigenvalue weighted by atomic mass is 16.7. The molecule has 1 aromatic carbocycles. The monoisotopic (exact) mass is 305 g/mol. The Balaban J connectivity index is 1.77. The van der Waals surface area contributed by atoms with Gasteiger partial charge in [0.05, 0.1) is 11.6 Å². The molecule has 0 N–H and O–H groups in total. The Morgan fingerprint density at radius 3 is 2.59 bits per heavy atom. The lowest BCUT2D eigenvalue weighted by molar-refractivity contribution is -0.125.